The summed E-state index contributed by atoms with van der Waals surface area (Å²) >= 11 is 0. The van der Waals surface area contributed by atoms with Gasteiger partial charge in [-0.2, -0.15) is 0 Å². The summed E-state index contributed by atoms with van der Waals surface area (Å²) in [5.41, 5.74) is 1.90. The van der Waals surface area contributed by atoms with E-state index in [0.717, 1.165) is 23.3 Å². The number of nitrogens with zero attached hydrogens (tertiary/aromatic N) is 1. The van der Waals surface area contributed by atoms with E-state index in [1.165, 1.54) is 13.2 Å². The molecule has 0 amide bonds. The lowest BCUT2D eigenvalue weighted by Gasteiger charge is -2.39. The van der Waals surface area contributed by atoms with Crippen molar-refractivity contribution in [2.45, 2.75) is 31.6 Å². The molecule has 3 rings (SSSR count). The first kappa shape index (κ1) is 13.2. The molecule has 1 N–H and O–H groups in total. The third kappa shape index (κ3) is 1.74. The summed E-state index contributed by atoms with van der Waals surface area (Å²) in [6, 6.07) is 3.31. The molecule has 20 heavy (non-hydrogen) atoms. The van der Waals surface area contributed by atoms with Crippen molar-refractivity contribution in [2.24, 2.45) is 11.1 Å². The fourth-order valence-corrected chi connectivity index (χ4v) is 3.54. The average Bonchev–Trinajstić information content (AvgIpc) is 2.55. The summed E-state index contributed by atoms with van der Waals surface area (Å²) in [5, 5.41) is 13.0. The van der Waals surface area contributed by atoms with Crippen LogP contribution in [0.5, 0.6) is 5.75 Å². The number of oxime groups is 1. The zero-order valence-electron chi connectivity index (χ0n) is 11.7. The van der Waals surface area contributed by atoms with Gasteiger partial charge in [0, 0.05) is 17.4 Å². The second-order valence-corrected chi connectivity index (χ2v) is 5.76. The summed E-state index contributed by atoms with van der Waals surface area (Å²) in [6.45, 7) is 2.02. The summed E-state index contributed by atoms with van der Waals surface area (Å²) in [4.78, 5) is 0. The fraction of sp³-hybridized carbons (Fsp3) is 0.438. The van der Waals surface area contributed by atoms with Gasteiger partial charge in [0.1, 0.15) is 11.6 Å². The average molecular weight is 275 g/mol. The summed E-state index contributed by atoms with van der Waals surface area (Å²) in [5.74, 6) is 0.347. The van der Waals surface area contributed by atoms with Crippen molar-refractivity contribution in [1.29, 1.82) is 0 Å². The van der Waals surface area contributed by atoms with E-state index in [1.807, 2.05) is 13.0 Å². The summed E-state index contributed by atoms with van der Waals surface area (Å²) in [7, 11) is 1.53. The van der Waals surface area contributed by atoms with Gasteiger partial charge in [-0.1, -0.05) is 17.3 Å². The highest BCUT2D eigenvalue weighted by atomic mass is 19.1. The molecule has 4 heteroatoms. The highest BCUT2D eigenvalue weighted by Crippen LogP contribution is 2.45. The van der Waals surface area contributed by atoms with Gasteiger partial charge in [0.25, 0.3) is 0 Å². The molecule has 0 heterocycles. The molecule has 1 aromatic carbocycles. The zero-order chi connectivity index (χ0) is 14.3. The maximum Gasteiger partial charge on any atom is 0.130 e. The van der Waals surface area contributed by atoms with Crippen molar-refractivity contribution in [2.75, 3.05) is 7.11 Å². The molecule has 2 atom stereocenters. The first-order valence-corrected chi connectivity index (χ1v) is 6.84. The molecule has 0 saturated carbocycles. The number of rotatable bonds is 1. The number of allylic oxidation sites excluding steroid dienone is 2. The van der Waals surface area contributed by atoms with Gasteiger partial charge < -0.3 is 9.94 Å². The van der Waals surface area contributed by atoms with Crippen molar-refractivity contribution in [3.05, 3.63) is 41.2 Å². The van der Waals surface area contributed by atoms with E-state index in [4.69, 9.17) is 4.74 Å². The minimum Gasteiger partial charge on any atom is -0.497 e. The number of methoxy groups -OCH3 is 1. The van der Waals surface area contributed by atoms with Crippen LogP contribution in [0.1, 0.15) is 30.9 Å². The van der Waals surface area contributed by atoms with Crippen LogP contribution in [0.25, 0.3) is 0 Å². The molecule has 2 unspecified atom stereocenters. The molecule has 0 aromatic heterocycles. The van der Waals surface area contributed by atoms with Crippen molar-refractivity contribution in [3.8, 4) is 5.75 Å². The third-order valence-corrected chi connectivity index (χ3v) is 4.62. The van der Waals surface area contributed by atoms with Crippen LogP contribution in [0.15, 0.2) is 29.4 Å². The SMILES string of the molecule is COc1cc(F)c2c(c1)C1(C)CC=CCC(C2)/C1=N/O. The molecule has 0 radical (unpaired) electrons. The highest BCUT2D eigenvalue weighted by Gasteiger charge is 2.44. The van der Waals surface area contributed by atoms with Crippen LogP contribution in [0.3, 0.4) is 0 Å². The normalized spacial score (nSPS) is 29.9. The Morgan fingerprint density at radius 2 is 2.20 bits per heavy atom. The number of hydrogen-bond donors (Lipinski definition) is 1. The predicted molar refractivity (Wildman–Crippen MR) is 75.1 cm³/mol. The lowest BCUT2D eigenvalue weighted by Crippen LogP contribution is -2.42. The maximum absolute atomic E-state index is 14.4. The molecule has 2 bridgehead atoms. The van der Waals surface area contributed by atoms with Crippen molar-refractivity contribution >= 4 is 5.71 Å². The van der Waals surface area contributed by atoms with E-state index in [2.05, 4.69) is 17.3 Å². The van der Waals surface area contributed by atoms with Crippen LogP contribution in [0.2, 0.25) is 0 Å². The standard InChI is InChI=1S/C16H18FNO2/c1-16-6-4-3-5-10(15(16)18-19)7-12-13(16)8-11(20-2)9-14(12)17/h3-4,8-10,19H,5-7H2,1-2H3/b18-15-. The Kier molecular flexibility index (Phi) is 3.04. The maximum atomic E-state index is 14.4. The Morgan fingerprint density at radius 1 is 1.40 bits per heavy atom. The lowest BCUT2D eigenvalue weighted by atomic mass is 9.64. The van der Waals surface area contributed by atoms with E-state index in [1.54, 1.807) is 0 Å². The van der Waals surface area contributed by atoms with Crippen molar-refractivity contribution < 1.29 is 14.3 Å². The second-order valence-electron chi connectivity index (χ2n) is 5.76. The van der Waals surface area contributed by atoms with Crippen LogP contribution < -0.4 is 4.74 Å². The van der Waals surface area contributed by atoms with Gasteiger partial charge in [0.05, 0.1) is 12.8 Å². The number of benzene rings is 1. The van der Waals surface area contributed by atoms with Gasteiger partial charge in [0.2, 0.25) is 0 Å². The number of ether oxygens (including phenoxy) is 1. The quantitative estimate of drug-likeness (QED) is 0.484. The van der Waals surface area contributed by atoms with Crippen LogP contribution >= 0.6 is 0 Å². The van der Waals surface area contributed by atoms with Gasteiger partial charge >= 0.3 is 0 Å². The van der Waals surface area contributed by atoms with Crippen molar-refractivity contribution in [3.63, 3.8) is 0 Å². The second kappa shape index (κ2) is 4.62. The van der Waals surface area contributed by atoms with Crippen LogP contribution in [-0.4, -0.2) is 18.0 Å². The third-order valence-electron chi connectivity index (χ3n) is 4.62. The number of fused-ring (bicyclic) bond motifs is 4. The van der Waals surface area contributed by atoms with E-state index >= 15 is 0 Å². The first-order valence-electron chi connectivity index (χ1n) is 6.84. The molecule has 0 spiro atoms. The van der Waals surface area contributed by atoms with Gasteiger partial charge in [-0.05, 0) is 43.4 Å². The predicted octanol–water partition coefficient (Wildman–Crippen LogP) is 3.44. The fourth-order valence-electron chi connectivity index (χ4n) is 3.54. The molecule has 1 aromatic rings. The first-order chi connectivity index (χ1) is 9.60. The molecule has 0 saturated heterocycles. The minimum absolute atomic E-state index is 0.0687. The molecule has 0 fully saturated rings. The van der Waals surface area contributed by atoms with E-state index < -0.39 is 5.41 Å². The Balaban J connectivity index is 2.27. The summed E-state index contributed by atoms with van der Waals surface area (Å²) in [6.07, 6.45) is 6.27. The van der Waals surface area contributed by atoms with Gasteiger partial charge in [-0.25, -0.2) is 4.39 Å². The van der Waals surface area contributed by atoms with Crippen LogP contribution in [0.4, 0.5) is 4.39 Å². The Bertz CT molecular complexity index is 609. The molecule has 3 nitrogen and oxygen atoms in total. The molecular weight excluding hydrogens is 257 g/mol. The van der Waals surface area contributed by atoms with Crippen LogP contribution in [0, 0.1) is 11.7 Å². The number of halogens is 1. The van der Waals surface area contributed by atoms with E-state index in [9.17, 15) is 9.60 Å². The largest absolute Gasteiger partial charge is 0.497 e. The topological polar surface area (TPSA) is 41.8 Å². The molecule has 2 aliphatic carbocycles. The van der Waals surface area contributed by atoms with E-state index in [-0.39, 0.29) is 11.7 Å². The Morgan fingerprint density at radius 3 is 2.90 bits per heavy atom. The van der Waals surface area contributed by atoms with E-state index in [0.29, 0.717) is 18.6 Å². The van der Waals surface area contributed by atoms with Crippen LogP contribution in [-0.2, 0) is 11.8 Å². The smallest absolute Gasteiger partial charge is 0.130 e. The monoisotopic (exact) mass is 275 g/mol. The molecule has 2 aliphatic rings. The van der Waals surface area contributed by atoms with Crippen molar-refractivity contribution in [1.82, 2.24) is 0 Å². The Labute approximate surface area is 117 Å². The van der Waals surface area contributed by atoms with Gasteiger partial charge in [0.15, 0.2) is 0 Å². The Hall–Kier alpha value is -1.84. The minimum atomic E-state index is -0.463. The lowest BCUT2D eigenvalue weighted by molar-refractivity contribution is 0.305. The molecule has 106 valence electrons. The van der Waals surface area contributed by atoms with Gasteiger partial charge in [-0.3, -0.25) is 0 Å². The number of hydrogen-bond acceptors (Lipinski definition) is 3. The zero-order valence-corrected chi connectivity index (χ0v) is 11.7. The highest BCUT2D eigenvalue weighted by molar-refractivity contribution is 5.98. The van der Waals surface area contributed by atoms with Gasteiger partial charge in [-0.15, -0.1) is 0 Å². The molecule has 0 aliphatic heterocycles. The summed E-state index contributed by atoms with van der Waals surface area (Å²) < 4.78 is 19.5. The molecular formula is C16H18FNO2.